The van der Waals surface area contributed by atoms with Gasteiger partial charge >= 0.3 is 0 Å². The number of nitrogens with zero attached hydrogens (tertiary/aromatic N) is 2. The molecule has 0 spiro atoms. The number of hydrogen-bond acceptors (Lipinski definition) is 2. The van der Waals surface area contributed by atoms with E-state index in [1.807, 2.05) is 4.68 Å². The minimum absolute atomic E-state index is 0.160. The molecule has 1 aromatic heterocycles. The van der Waals surface area contributed by atoms with Gasteiger partial charge in [0.15, 0.2) is 0 Å². The van der Waals surface area contributed by atoms with Crippen LogP contribution in [-0.2, 0) is 6.42 Å². The second kappa shape index (κ2) is 6.30. The maximum absolute atomic E-state index is 4.71. The van der Waals surface area contributed by atoms with Gasteiger partial charge in [-0.15, -0.1) is 0 Å². The van der Waals surface area contributed by atoms with E-state index in [4.69, 9.17) is 5.10 Å². The van der Waals surface area contributed by atoms with E-state index < -0.39 is 0 Å². The summed E-state index contributed by atoms with van der Waals surface area (Å²) in [5, 5.41) is 8.37. The quantitative estimate of drug-likeness (QED) is 0.851. The van der Waals surface area contributed by atoms with Crippen LogP contribution in [0.2, 0.25) is 0 Å². The molecule has 1 atom stereocenters. The molecule has 3 heteroatoms. The molecule has 0 radical (unpaired) electrons. The zero-order valence-electron chi connectivity index (χ0n) is 14.6. The molecule has 0 amide bonds. The van der Waals surface area contributed by atoms with E-state index in [0.717, 1.165) is 13.0 Å². The first-order chi connectivity index (χ1) is 9.03. The van der Waals surface area contributed by atoms with Crippen molar-refractivity contribution in [3.05, 3.63) is 18.0 Å². The summed E-state index contributed by atoms with van der Waals surface area (Å²) < 4.78 is 2.05. The van der Waals surface area contributed by atoms with Crippen molar-refractivity contribution in [3.8, 4) is 0 Å². The van der Waals surface area contributed by atoms with Crippen molar-refractivity contribution >= 4 is 0 Å². The fraction of sp³-hybridized carbons (Fsp3) is 0.824. The molecule has 0 aliphatic carbocycles. The van der Waals surface area contributed by atoms with Gasteiger partial charge < -0.3 is 5.32 Å². The maximum Gasteiger partial charge on any atom is 0.0630 e. The molecule has 0 aliphatic heterocycles. The normalized spacial score (nSPS) is 15.9. The Morgan fingerprint density at radius 3 is 2.15 bits per heavy atom. The van der Waals surface area contributed by atoms with Gasteiger partial charge in [0.2, 0.25) is 0 Å². The minimum atomic E-state index is 0.160. The molecule has 1 aromatic rings. The van der Waals surface area contributed by atoms with Gasteiger partial charge in [0.25, 0.3) is 0 Å². The summed E-state index contributed by atoms with van der Waals surface area (Å²) in [6.07, 6.45) is 3.12. The summed E-state index contributed by atoms with van der Waals surface area (Å²) in [6.45, 7) is 19.0. The van der Waals surface area contributed by atoms with Crippen LogP contribution in [0.25, 0.3) is 0 Å². The van der Waals surface area contributed by atoms with Crippen LogP contribution in [0, 0.1) is 11.3 Å². The van der Waals surface area contributed by atoms with Crippen molar-refractivity contribution < 1.29 is 0 Å². The summed E-state index contributed by atoms with van der Waals surface area (Å²) in [7, 11) is 0. The monoisotopic (exact) mass is 279 g/mol. The van der Waals surface area contributed by atoms with Crippen LogP contribution < -0.4 is 5.32 Å². The van der Waals surface area contributed by atoms with Crippen molar-refractivity contribution in [1.82, 2.24) is 15.1 Å². The van der Waals surface area contributed by atoms with E-state index in [0.29, 0.717) is 12.0 Å². The first-order valence-electron chi connectivity index (χ1n) is 7.82. The molecule has 1 heterocycles. The van der Waals surface area contributed by atoms with Crippen molar-refractivity contribution in [1.29, 1.82) is 0 Å². The number of nitrogens with one attached hydrogen (secondary N) is 1. The fourth-order valence-corrected chi connectivity index (χ4v) is 2.11. The Bertz CT molecular complexity index is 412. The first kappa shape index (κ1) is 17.2. The van der Waals surface area contributed by atoms with Gasteiger partial charge in [-0.05, 0) is 58.4 Å². The maximum atomic E-state index is 4.71. The fourth-order valence-electron chi connectivity index (χ4n) is 2.11. The van der Waals surface area contributed by atoms with Crippen LogP contribution in [0.3, 0.4) is 0 Å². The van der Waals surface area contributed by atoms with Gasteiger partial charge in [-0.3, -0.25) is 4.68 Å². The Morgan fingerprint density at radius 2 is 1.75 bits per heavy atom. The van der Waals surface area contributed by atoms with E-state index in [9.17, 15) is 0 Å². The Labute approximate surface area is 125 Å². The molecule has 0 fully saturated rings. The van der Waals surface area contributed by atoms with Gasteiger partial charge in [0.1, 0.15) is 0 Å². The van der Waals surface area contributed by atoms with Gasteiger partial charge in [0.05, 0.1) is 5.69 Å². The molecular weight excluding hydrogens is 246 g/mol. The largest absolute Gasteiger partial charge is 0.312 e. The number of rotatable bonds is 6. The van der Waals surface area contributed by atoms with Gasteiger partial charge in [-0.1, -0.05) is 20.8 Å². The first-order valence-corrected chi connectivity index (χ1v) is 7.82. The van der Waals surface area contributed by atoms with Crippen molar-refractivity contribution in [2.75, 3.05) is 6.54 Å². The SMILES string of the molecule is CC(C)n1ccc(CC(C)(CNC(C)(C)C)C(C)C)n1. The second-order valence-electron chi connectivity index (χ2n) is 7.97. The Morgan fingerprint density at radius 1 is 1.15 bits per heavy atom. The summed E-state index contributed by atoms with van der Waals surface area (Å²) in [6, 6.07) is 2.60. The van der Waals surface area contributed by atoms with Gasteiger partial charge in [0, 0.05) is 24.3 Å². The third kappa shape index (κ3) is 4.93. The number of aromatic nitrogens is 2. The predicted octanol–water partition coefficient (Wildman–Crippen LogP) is 4.06. The molecule has 0 aromatic carbocycles. The highest BCUT2D eigenvalue weighted by atomic mass is 15.3. The smallest absolute Gasteiger partial charge is 0.0630 e. The lowest BCUT2D eigenvalue weighted by Gasteiger charge is -2.36. The van der Waals surface area contributed by atoms with Crippen LogP contribution in [0.5, 0.6) is 0 Å². The average Bonchev–Trinajstić information content (AvgIpc) is 2.74. The highest BCUT2D eigenvalue weighted by molar-refractivity contribution is 5.04. The van der Waals surface area contributed by atoms with Crippen molar-refractivity contribution in [2.24, 2.45) is 11.3 Å². The molecule has 3 nitrogen and oxygen atoms in total. The van der Waals surface area contributed by atoms with E-state index in [1.165, 1.54) is 5.69 Å². The number of hydrogen-bond donors (Lipinski definition) is 1. The topological polar surface area (TPSA) is 29.9 Å². The molecule has 0 aliphatic rings. The standard InChI is InChI=1S/C17H33N3/c1-13(2)17(8,12-18-16(5,6)7)11-15-9-10-20(19-15)14(3)4/h9-10,13-14,18H,11-12H2,1-8H3. The van der Waals surface area contributed by atoms with E-state index >= 15 is 0 Å². The molecule has 0 saturated heterocycles. The molecule has 116 valence electrons. The Balaban J connectivity index is 2.79. The molecular formula is C17H33N3. The third-order valence-electron chi connectivity index (χ3n) is 4.19. The highest BCUT2D eigenvalue weighted by Gasteiger charge is 2.30. The zero-order valence-corrected chi connectivity index (χ0v) is 14.6. The predicted molar refractivity (Wildman–Crippen MR) is 87.0 cm³/mol. The van der Waals surface area contributed by atoms with Crippen molar-refractivity contribution in [3.63, 3.8) is 0 Å². The molecule has 1 unspecified atom stereocenters. The summed E-state index contributed by atoms with van der Waals surface area (Å²) >= 11 is 0. The average molecular weight is 279 g/mol. The molecule has 1 N–H and O–H groups in total. The Kier molecular flexibility index (Phi) is 5.42. The second-order valence-corrected chi connectivity index (χ2v) is 7.97. The molecule has 1 rings (SSSR count). The van der Waals surface area contributed by atoms with Crippen LogP contribution in [-0.4, -0.2) is 21.9 Å². The third-order valence-corrected chi connectivity index (χ3v) is 4.19. The minimum Gasteiger partial charge on any atom is -0.312 e. The molecule has 20 heavy (non-hydrogen) atoms. The van der Waals surface area contributed by atoms with Crippen molar-refractivity contribution in [2.45, 2.75) is 73.4 Å². The lowest BCUT2D eigenvalue weighted by atomic mass is 9.75. The van der Waals surface area contributed by atoms with Gasteiger partial charge in [-0.25, -0.2) is 0 Å². The molecule has 0 bridgehead atoms. The molecule has 0 saturated carbocycles. The van der Waals surface area contributed by atoms with Crippen LogP contribution in [0.15, 0.2) is 12.3 Å². The lowest BCUT2D eigenvalue weighted by molar-refractivity contribution is 0.185. The van der Waals surface area contributed by atoms with Crippen LogP contribution >= 0.6 is 0 Å². The zero-order chi connectivity index (χ0) is 15.6. The lowest BCUT2D eigenvalue weighted by Crippen LogP contribution is -2.45. The summed E-state index contributed by atoms with van der Waals surface area (Å²) in [4.78, 5) is 0. The van der Waals surface area contributed by atoms with Gasteiger partial charge in [-0.2, -0.15) is 5.10 Å². The van der Waals surface area contributed by atoms with Crippen LogP contribution in [0.1, 0.15) is 67.1 Å². The summed E-state index contributed by atoms with van der Waals surface area (Å²) in [5.74, 6) is 0.613. The Hall–Kier alpha value is -0.830. The highest BCUT2D eigenvalue weighted by Crippen LogP contribution is 2.31. The van der Waals surface area contributed by atoms with E-state index in [1.54, 1.807) is 0 Å². The van der Waals surface area contributed by atoms with E-state index in [-0.39, 0.29) is 11.0 Å². The van der Waals surface area contributed by atoms with E-state index in [2.05, 4.69) is 73.0 Å². The van der Waals surface area contributed by atoms with Crippen LogP contribution in [0.4, 0.5) is 0 Å². The summed E-state index contributed by atoms with van der Waals surface area (Å²) in [5.41, 5.74) is 1.59.